The third-order valence-corrected chi connectivity index (χ3v) is 15.2. The molecule has 2 aliphatic rings. The number of nitrogens with one attached hydrogen (secondary N) is 2. The summed E-state index contributed by atoms with van der Waals surface area (Å²) in [5.41, 5.74) is 24.4. The standard InChI is InChI=1S/C65H72N8S2/c1-48-26-13-19-36-60(48)74-50(3)44-52-46-64(72(54-28-9-5-10-29-54)58-34-17-15-32-56(52)58)70-42-23-7-21-40-68-62(66)38-25-39-63(67)69-41-22-8-24-43-71-65-47-53(45-51(4)75-61-37-20-14-27-49(61)2)57-33-16-18-35-59(57)73(65)55-30-11-6-12-31-55/h5-6,9-20,26-37,44-47,70-71H,3-4,7-8,21-25,38-43H2,1-2H3,(H2,66,68)(H2,67,69). The minimum absolute atomic E-state index is 0.690. The molecule has 0 atom stereocenters. The summed E-state index contributed by atoms with van der Waals surface area (Å²) in [4.78, 5) is 18.5. The lowest BCUT2D eigenvalue weighted by atomic mass is 9.97. The number of hydrogen-bond acceptors (Lipinski definition) is 8. The van der Waals surface area contributed by atoms with Crippen LogP contribution < -0.4 is 31.9 Å². The van der Waals surface area contributed by atoms with Crippen molar-refractivity contribution in [2.45, 2.75) is 81.4 Å². The molecule has 2 heterocycles. The molecule has 384 valence electrons. The number of para-hydroxylation sites is 4. The highest BCUT2D eigenvalue weighted by Gasteiger charge is 2.26. The Balaban J connectivity index is 0.753. The minimum Gasteiger partial charge on any atom is -0.387 e. The normalized spacial score (nSPS) is 14.5. The first-order valence-corrected chi connectivity index (χ1v) is 28.0. The summed E-state index contributed by atoms with van der Waals surface area (Å²) in [5, 5.41) is 7.58. The SMILES string of the molecule is C=C(C=C1C=C(NCCCCCN=C(N)CCCC(N)=NCCCCCNC2=CC(=CC(=C)Sc3ccccc3C)c3ccccc3N2c2ccccc2)N(c2ccccc2)c2ccccc21)Sc1ccccc1C. The van der Waals surface area contributed by atoms with Crippen molar-refractivity contribution in [2.24, 2.45) is 21.5 Å². The molecule has 0 amide bonds. The van der Waals surface area contributed by atoms with Gasteiger partial charge in [0.15, 0.2) is 0 Å². The molecule has 8 rings (SSSR count). The summed E-state index contributed by atoms with van der Waals surface area (Å²) in [6, 6.07) is 55.3. The van der Waals surface area contributed by atoms with E-state index in [-0.39, 0.29) is 0 Å². The average Bonchev–Trinajstić information content (AvgIpc) is 3.43. The lowest BCUT2D eigenvalue weighted by Gasteiger charge is -2.34. The highest BCUT2D eigenvalue weighted by atomic mass is 32.2. The Labute approximate surface area is 454 Å². The molecule has 10 heteroatoms. The number of hydrogen-bond donors (Lipinski definition) is 4. The number of fused-ring (bicyclic) bond motifs is 2. The molecule has 8 nitrogen and oxygen atoms in total. The summed E-state index contributed by atoms with van der Waals surface area (Å²) in [6.07, 6.45) is 17.3. The minimum atomic E-state index is 0.690. The predicted molar refractivity (Wildman–Crippen MR) is 325 cm³/mol. The number of nitrogens with zero attached hydrogens (tertiary/aromatic N) is 4. The number of allylic oxidation sites excluding steroid dienone is 6. The number of unbranched alkanes of at least 4 members (excludes halogenated alkanes) is 4. The summed E-state index contributed by atoms with van der Waals surface area (Å²) in [7, 11) is 0. The van der Waals surface area contributed by atoms with E-state index in [9.17, 15) is 0 Å². The largest absolute Gasteiger partial charge is 0.387 e. The molecule has 0 saturated heterocycles. The maximum absolute atomic E-state index is 6.37. The first kappa shape index (κ1) is 53.9. The highest BCUT2D eigenvalue weighted by Crippen LogP contribution is 2.43. The third kappa shape index (κ3) is 15.3. The molecule has 6 N–H and O–H groups in total. The van der Waals surface area contributed by atoms with Crippen molar-refractivity contribution in [3.8, 4) is 0 Å². The molecule has 75 heavy (non-hydrogen) atoms. The van der Waals surface area contributed by atoms with E-state index in [0.717, 1.165) is 139 Å². The van der Waals surface area contributed by atoms with Crippen LogP contribution in [0.2, 0.25) is 0 Å². The topological polar surface area (TPSA) is 107 Å². The van der Waals surface area contributed by atoms with Gasteiger partial charge in [-0.05, 0) is 154 Å². The van der Waals surface area contributed by atoms with Crippen molar-refractivity contribution in [3.63, 3.8) is 0 Å². The molecular formula is C65H72N8S2. The Morgan fingerprint density at radius 3 is 1.29 bits per heavy atom. The summed E-state index contributed by atoms with van der Waals surface area (Å²) in [6.45, 7) is 16.3. The number of thioether (sulfide) groups is 2. The highest BCUT2D eigenvalue weighted by molar-refractivity contribution is 8.03. The van der Waals surface area contributed by atoms with Crippen LogP contribution in [0.25, 0.3) is 11.1 Å². The van der Waals surface area contributed by atoms with Crippen LogP contribution in [0.4, 0.5) is 22.7 Å². The fourth-order valence-corrected chi connectivity index (χ4v) is 10.9. The Hall–Kier alpha value is -7.40. The number of amidine groups is 2. The monoisotopic (exact) mass is 1030 g/mol. The lowest BCUT2D eigenvalue weighted by molar-refractivity contribution is 0.643. The number of nitrogens with two attached hydrogens (primary N) is 2. The van der Waals surface area contributed by atoms with E-state index in [0.29, 0.717) is 11.7 Å². The van der Waals surface area contributed by atoms with Gasteiger partial charge >= 0.3 is 0 Å². The van der Waals surface area contributed by atoms with E-state index in [2.05, 4.69) is 229 Å². The van der Waals surface area contributed by atoms with Crippen LogP contribution in [0.5, 0.6) is 0 Å². The van der Waals surface area contributed by atoms with Gasteiger partial charge in [0.25, 0.3) is 0 Å². The van der Waals surface area contributed by atoms with Crippen molar-refractivity contribution in [3.05, 3.63) is 239 Å². The molecule has 0 fully saturated rings. The summed E-state index contributed by atoms with van der Waals surface area (Å²) < 4.78 is 0. The lowest BCUT2D eigenvalue weighted by Crippen LogP contribution is -2.31. The predicted octanol–water partition coefficient (Wildman–Crippen LogP) is 15.8. The molecule has 6 aromatic carbocycles. The second-order valence-electron chi connectivity index (χ2n) is 18.9. The Morgan fingerprint density at radius 2 is 0.867 bits per heavy atom. The van der Waals surface area contributed by atoms with Crippen LogP contribution in [0.1, 0.15) is 80.0 Å². The zero-order valence-corrected chi connectivity index (χ0v) is 45.3. The van der Waals surface area contributed by atoms with Gasteiger partial charge in [0, 0.05) is 81.1 Å². The van der Waals surface area contributed by atoms with Crippen molar-refractivity contribution < 1.29 is 0 Å². The van der Waals surface area contributed by atoms with Gasteiger partial charge in [0.2, 0.25) is 0 Å². The van der Waals surface area contributed by atoms with E-state index in [1.165, 1.54) is 32.0 Å². The second-order valence-corrected chi connectivity index (χ2v) is 21.2. The van der Waals surface area contributed by atoms with Gasteiger partial charge in [-0.2, -0.15) is 0 Å². The Morgan fingerprint density at radius 1 is 0.480 bits per heavy atom. The molecule has 0 saturated carbocycles. The molecule has 0 unspecified atom stereocenters. The number of rotatable bonds is 26. The van der Waals surface area contributed by atoms with Crippen molar-refractivity contribution >= 4 is 69.1 Å². The average molecular weight is 1030 g/mol. The van der Waals surface area contributed by atoms with E-state index >= 15 is 0 Å². The maximum Gasteiger partial charge on any atom is 0.111 e. The van der Waals surface area contributed by atoms with Crippen LogP contribution in [-0.2, 0) is 0 Å². The van der Waals surface area contributed by atoms with Crippen LogP contribution in [0.3, 0.4) is 0 Å². The van der Waals surface area contributed by atoms with Crippen molar-refractivity contribution in [1.82, 2.24) is 10.6 Å². The van der Waals surface area contributed by atoms with Gasteiger partial charge in [0.05, 0.1) is 23.0 Å². The molecule has 0 aromatic heterocycles. The smallest absolute Gasteiger partial charge is 0.111 e. The fraction of sp³-hybridized carbons (Fsp3) is 0.231. The molecule has 6 aromatic rings. The number of aliphatic imine (C=N–C) groups is 2. The van der Waals surface area contributed by atoms with E-state index < -0.39 is 0 Å². The van der Waals surface area contributed by atoms with Crippen molar-refractivity contribution in [1.29, 1.82) is 0 Å². The molecule has 0 radical (unpaired) electrons. The van der Waals surface area contributed by atoms with Crippen LogP contribution in [-0.4, -0.2) is 37.9 Å². The van der Waals surface area contributed by atoms with Gasteiger partial charge in [0.1, 0.15) is 11.6 Å². The third-order valence-electron chi connectivity index (χ3n) is 13.1. The van der Waals surface area contributed by atoms with E-state index in [1.807, 2.05) is 0 Å². The number of anilines is 4. The molecular weight excluding hydrogens is 957 g/mol. The fourth-order valence-electron chi connectivity index (χ4n) is 9.22. The first-order valence-electron chi connectivity index (χ1n) is 26.4. The first-order chi connectivity index (χ1) is 36.7. The maximum atomic E-state index is 6.37. The van der Waals surface area contributed by atoms with Crippen molar-refractivity contribution in [2.75, 3.05) is 36.0 Å². The zero-order valence-electron chi connectivity index (χ0n) is 43.7. The molecule has 0 aliphatic carbocycles. The van der Waals surface area contributed by atoms with E-state index in [1.54, 1.807) is 23.5 Å². The van der Waals surface area contributed by atoms with Crippen LogP contribution in [0.15, 0.2) is 236 Å². The molecule has 2 aliphatic heterocycles. The summed E-state index contributed by atoms with van der Waals surface area (Å²) in [5.74, 6) is 3.48. The number of aryl methyl sites for hydroxylation is 2. The molecule has 0 spiro atoms. The van der Waals surface area contributed by atoms with Gasteiger partial charge in [-0.25, -0.2) is 0 Å². The number of benzene rings is 6. The molecule has 0 bridgehead atoms. The zero-order chi connectivity index (χ0) is 52.2. The Kier molecular flexibility index (Phi) is 19.9. The van der Waals surface area contributed by atoms with Gasteiger partial charge in [-0.3, -0.25) is 19.8 Å². The van der Waals surface area contributed by atoms with E-state index in [4.69, 9.17) is 21.5 Å². The summed E-state index contributed by atoms with van der Waals surface area (Å²) >= 11 is 3.42. The van der Waals surface area contributed by atoms with Crippen LogP contribution >= 0.6 is 23.5 Å². The van der Waals surface area contributed by atoms with Gasteiger partial charge in [-0.1, -0.05) is 146 Å². The quantitative estimate of drug-likeness (QED) is 0.0184. The van der Waals surface area contributed by atoms with Gasteiger partial charge < -0.3 is 22.1 Å². The van der Waals surface area contributed by atoms with Gasteiger partial charge in [-0.15, -0.1) is 0 Å². The van der Waals surface area contributed by atoms with Crippen LogP contribution in [0, 0.1) is 13.8 Å². The second kappa shape index (κ2) is 27.8. The Bertz CT molecular complexity index is 2870.